The van der Waals surface area contributed by atoms with Crippen molar-refractivity contribution in [1.82, 2.24) is 4.90 Å². The van der Waals surface area contributed by atoms with Crippen molar-refractivity contribution in [2.75, 3.05) is 13.6 Å². The van der Waals surface area contributed by atoms with Gasteiger partial charge in [-0.05, 0) is 7.05 Å². The first-order valence-corrected chi connectivity index (χ1v) is 3.34. The van der Waals surface area contributed by atoms with Crippen LogP contribution in [0.5, 0.6) is 0 Å². The number of halogens is 1. The van der Waals surface area contributed by atoms with Crippen molar-refractivity contribution < 1.29 is 5.11 Å². The number of nitrogens with zero attached hydrogens (tertiary/aromatic N) is 1. The Hall–Kier alpha value is -0.0500. The number of aliphatic hydroxyl groups excluding tert-OH is 1. The van der Waals surface area contributed by atoms with Crippen molar-refractivity contribution in [3.63, 3.8) is 0 Å². The molecule has 0 amide bonds. The number of hydrogen-bond acceptors (Lipinski definition) is 2. The predicted molar refractivity (Wildman–Crippen MR) is 37.4 cm³/mol. The van der Waals surface area contributed by atoms with Gasteiger partial charge in [0.15, 0.2) is 0 Å². The molecule has 3 heteroatoms. The lowest BCUT2D eigenvalue weighted by molar-refractivity contribution is 0.138. The molecule has 1 aliphatic heterocycles. The van der Waals surface area contributed by atoms with Gasteiger partial charge in [0.05, 0.1) is 0 Å². The summed E-state index contributed by atoms with van der Waals surface area (Å²) in [6, 6.07) is 0. The Labute approximate surface area is 59.7 Å². The number of hydrogen-bond donors (Lipinski definition) is 1. The summed E-state index contributed by atoms with van der Waals surface area (Å²) in [5.74, 6) is 0. The molecular formula is C6H10ClNO. The monoisotopic (exact) mass is 147 g/mol. The van der Waals surface area contributed by atoms with Crippen molar-refractivity contribution in [3.8, 4) is 0 Å². The van der Waals surface area contributed by atoms with Gasteiger partial charge < -0.3 is 5.11 Å². The molecule has 0 spiro atoms. The van der Waals surface area contributed by atoms with Crippen molar-refractivity contribution in [2.24, 2.45) is 0 Å². The molecule has 0 aromatic rings. The SMILES string of the molecule is CN1CC=CC(O)C1Cl. The highest BCUT2D eigenvalue weighted by Gasteiger charge is 2.20. The van der Waals surface area contributed by atoms with Crippen molar-refractivity contribution in [3.05, 3.63) is 12.2 Å². The van der Waals surface area contributed by atoms with Crippen LogP contribution < -0.4 is 0 Å². The zero-order chi connectivity index (χ0) is 6.85. The molecule has 0 aromatic carbocycles. The minimum atomic E-state index is -0.509. The summed E-state index contributed by atoms with van der Waals surface area (Å²) in [7, 11) is 1.88. The Balaban J connectivity index is 2.58. The van der Waals surface area contributed by atoms with E-state index in [0.29, 0.717) is 0 Å². The van der Waals surface area contributed by atoms with Crippen LogP contribution in [0, 0.1) is 0 Å². The molecule has 2 atom stereocenters. The fraction of sp³-hybridized carbons (Fsp3) is 0.667. The average Bonchev–Trinajstić information content (AvgIpc) is 1.83. The molecule has 52 valence electrons. The highest BCUT2D eigenvalue weighted by molar-refractivity contribution is 6.20. The standard InChI is InChI=1S/C6H10ClNO/c1-8-4-2-3-5(9)6(8)7/h2-3,5-6,9H,4H2,1H3. The van der Waals surface area contributed by atoms with Crippen LogP contribution in [0.4, 0.5) is 0 Å². The van der Waals surface area contributed by atoms with Crippen LogP contribution >= 0.6 is 11.6 Å². The second-order valence-electron chi connectivity index (χ2n) is 2.23. The Bertz CT molecular complexity index is 126. The first kappa shape index (κ1) is 7.06. The minimum Gasteiger partial charge on any atom is -0.386 e. The summed E-state index contributed by atoms with van der Waals surface area (Å²) in [6.07, 6.45) is 3.12. The van der Waals surface area contributed by atoms with Crippen molar-refractivity contribution in [1.29, 1.82) is 0 Å². The summed E-state index contributed by atoms with van der Waals surface area (Å²) in [5.41, 5.74) is -0.255. The number of aliphatic hydroxyl groups is 1. The van der Waals surface area contributed by atoms with Gasteiger partial charge in [-0.1, -0.05) is 12.2 Å². The van der Waals surface area contributed by atoms with Crippen LogP contribution in [-0.2, 0) is 0 Å². The molecule has 0 aliphatic carbocycles. The maximum atomic E-state index is 9.09. The molecule has 0 fully saturated rings. The van der Waals surface area contributed by atoms with Crippen LogP contribution in [0.3, 0.4) is 0 Å². The van der Waals surface area contributed by atoms with E-state index in [1.54, 1.807) is 6.08 Å². The number of rotatable bonds is 0. The quantitative estimate of drug-likeness (QED) is 0.305. The second kappa shape index (κ2) is 2.69. The minimum absolute atomic E-state index is 0.255. The fourth-order valence-corrected chi connectivity index (χ4v) is 0.983. The first-order chi connectivity index (χ1) is 4.22. The van der Waals surface area contributed by atoms with E-state index >= 15 is 0 Å². The van der Waals surface area contributed by atoms with Gasteiger partial charge in [-0.25, -0.2) is 0 Å². The Morgan fingerprint density at radius 2 is 2.44 bits per heavy atom. The van der Waals surface area contributed by atoms with Crippen LogP contribution in [0.25, 0.3) is 0 Å². The van der Waals surface area contributed by atoms with Gasteiger partial charge in [-0.15, -0.1) is 11.6 Å². The van der Waals surface area contributed by atoms with Crippen molar-refractivity contribution in [2.45, 2.75) is 11.6 Å². The van der Waals surface area contributed by atoms with E-state index in [2.05, 4.69) is 0 Å². The topological polar surface area (TPSA) is 23.5 Å². The van der Waals surface area contributed by atoms with Gasteiger partial charge in [0, 0.05) is 6.54 Å². The fourth-order valence-electron chi connectivity index (χ4n) is 0.820. The van der Waals surface area contributed by atoms with Gasteiger partial charge in [0.1, 0.15) is 11.6 Å². The third-order valence-corrected chi connectivity index (χ3v) is 2.02. The van der Waals surface area contributed by atoms with E-state index in [0.717, 1.165) is 6.54 Å². The molecule has 1 N–H and O–H groups in total. The molecular weight excluding hydrogens is 138 g/mol. The summed E-state index contributed by atoms with van der Waals surface area (Å²) in [5, 5.41) is 9.09. The maximum Gasteiger partial charge on any atom is 0.115 e. The van der Waals surface area contributed by atoms with Gasteiger partial charge in [-0.3, -0.25) is 4.90 Å². The highest BCUT2D eigenvalue weighted by atomic mass is 35.5. The maximum absolute atomic E-state index is 9.09. The molecule has 0 bridgehead atoms. The van der Waals surface area contributed by atoms with Gasteiger partial charge >= 0.3 is 0 Å². The van der Waals surface area contributed by atoms with E-state index in [1.807, 2.05) is 18.0 Å². The lowest BCUT2D eigenvalue weighted by Crippen LogP contribution is -2.39. The largest absolute Gasteiger partial charge is 0.386 e. The van der Waals surface area contributed by atoms with E-state index in [4.69, 9.17) is 16.7 Å². The normalized spacial score (nSPS) is 37.2. The van der Waals surface area contributed by atoms with Crippen LogP contribution in [0.2, 0.25) is 0 Å². The Morgan fingerprint density at radius 1 is 1.78 bits per heavy atom. The van der Waals surface area contributed by atoms with Gasteiger partial charge in [-0.2, -0.15) is 0 Å². The summed E-state index contributed by atoms with van der Waals surface area (Å²) in [4.78, 5) is 1.88. The number of likely N-dealkylation sites (N-methyl/N-ethyl adjacent to an activating group) is 1. The van der Waals surface area contributed by atoms with Gasteiger partial charge in [0.25, 0.3) is 0 Å². The van der Waals surface area contributed by atoms with Crippen molar-refractivity contribution >= 4 is 11.6 Å². The van der Waals surface area contributed by atoms with E-state index in [1.165, 1.54) is 0 Å². The Kier molecular flexibility index (Phi) is 2.11. The summed E-state index contributed by atoms with van der Waals surface area (Å²) in [6.45, 7) is 0.825. The summed E-state index contributed by atoms with van der Waals surface area (Å²) < 4.78 is 0. The van der Waals surface area contributed by atoms with E-state index in [9.17, 15) is 0 Å². The van der Waals surface area contributed by atoms with Crippen LogP contribution in [-0.4, -0.2) is 35.2 Å². The smallest absolute Gasteiger partial charge is 0.115 e. The number of alkyl halides is 1. The molecule has 0 saturated heterocycles. The molecule has 1 aliphatic rings. The molecule has 2 unspecified atom stereocenters. The van der Waals surface area contributed by atoms with Gasteiger partial charge in [0.2, 0.25) is 0 Å². The molecule has 1 rings (SSSR count). The van der Waals surface area contributed by atoms with E-state index in [-0.39, 0.29) is 5.50 Å². The highest BCUT2D eigenvalue weighted by Crippen LogP contribution is 2.12. The third kappa shape index (κ3) is 1.45. The second-order valence-corrected chi connectivity index (χ2v) is 2.68. The predicted octanol–water partition coefficient (Wildman–Crippen LogP) is 0.414. The van der Waals surface area contributed by atoms with Crippen LogP contribution in [0.1, 0.15) is 0 Å². The van der Waals surface area contributed by atoms with Crippen LogP contribution in [0.15, 0.2) is 12.2 Å². The first-order valence-electron chi connectivity index (χ1n) is 2.91. The molecule has 9 heavy (non-hydrogen) atoms. The van der Waals surface area contributed by atoms with E-state index < -0.39 is 6.10 Å². The zero-order valence-electron chi connectivity index (χ0n) is 5.29. The molecule has 0 aromatic heterocycles. The molecule has 2 nitrogen and oxygen atoms in total. The lowest BCUT2D eigenvalue weighted by atomic mass is 10.2. The lowest BCUT2D eigenvalue weighted by Gasteiger charge is -2.27. The summed E-state index contributed by atoms with van der Waals surface area (Å²) >= 11 is 5.74. The zero-order valence-corrected chi connectivity index (χ0v) is 6.04. The molecule has 1 heterocycles. The Morgan fingerprint density at radius 3 is 2.89 bits per heavy atom. The molecule has 0 saturated carbocycles. The average molecular weight is 148 g/mol. The molecule has 0 radical (unpaired) electrons. The third-order valence-electron chi connectivity index (χ3n) is 1.43.